The van der Waals surface area contributed by atoms with Gasteiger partial charge in [0.2, 0.25) is 0 Å². The van der Waals surface area contributed by atoms with Crippen LogP contribution in [0.3, 0.4) is 0 Å². The number of ether oxygens (including phenoxy) is 3. The molecular weight excluding hydrogens is 319 g/mol. The fourth-order valence-electron chi connectivity index (χ4n) is 0.0745. The molecule has 0 amide bonds. The Hall–Kier alpha value is -1.44. The van der Waals surface area contributed by atoms with Crippen molar-refractivity contribution in [3.8, 4) is 0 Å². The summed E-state index contributed by atoms with van der Waals surface area (Å²) in [6, 6.07) is 0. The van der Waals surface area contributed by atoms with Crippen LogP contribution >= 0.6 is 7.60 Å². The summed E-state index contributed by atoms with van der Waals surface area (Å²) in [5.41, 5.74) is 0. The molecule has 0 spiro atoms. The molecule has 0 rings (SSSR count). The summed E-state index contributed by atoms with van der Waals surface area (Å²) in [5.74, 6) is -0.736. The smallest absolute Gasteiger partial charge is 0.327 e. The number of esters is 3. The van der Waals surface area contributed by atoms with Gasteiger partial charge in [0.25, 0.3) is 0 Å². The predicted molar refractivity (Wildman–Crippen MR) is 80.6 cm³/mol. The van der Waals surface area contributed by atoms with Crippen LogP contribution in [0, 0.1) is 0 Å². The van der Waals surface area contributed by atoms with E-state index < -0.39 is 7.60 Å². The molecule has 0 bridgehead atoms. The third kappa shape index (κ3) is 51.3. The predicted octanol–water partition coefficient (Wildman–Crippen LogP) is 1.64. The molecule has 0 aliphatic carbocycles. The minimum absolute atomic E-state index is 0.245. The van der Waals surface area contributed by atoms with Gasteiger partial charge in [0, 0.05) is 41.7 Å². The van der Waals surface area contributed by atoms with Gasteiger partial charge in [0.1, 0.15) is 0 Å². The standard InChI is InChI=1S/C3H9O3P.3C3H6O2/c1-5-7(3,4)6-2;3*1-3(4)5-2/h1-3H3;3*1-2H3. The zero-order chi connectivity index (χ0) is 18.8. The fourth-order valence-corrected chi connectivity index (χ4v) is 0.224. The molecule has 0 aliphatic heterocycles. The SMILES string of the molecule is COC(C)=O.COC(C)=O.COC(C)=O.COP(C)(=O)OC. The van der Waals surface area contributed by atoms with Crippen molar-refractivity contribution < 1.29 is 42.2 Å². The van der Waals surface area contributed by atoms with Crippen LogP contribution in [0.5, 0.6) is 0 Å². The number of carbonyl (C=O) groups excluding carboxylic acids is 3. The summed E-state index contributed by atoms with van der Waals surface area (Å²) in [6.45, 7) is 5.49. The van der Waals surface area contributed by atoms with Crippen LogP contribution in [-0.2, 0) is 42.2 Å². The Kier molecular flexibility index (Phi) is 25.5. The fraction of sp³-hybridized carbons (Fsp3) is 0.750. The van der Waals surface area contributed by atoms with E-state index in [4.69, 9.17) is 0 Å². The van der Waals surface area contributed by atoms with Gasteiger partial charge >= 0.3 is 25.5 Å². The van der Waals surface area contributed by atoms with Crippen molar-refractivity contribution in [1.29, 1.82) is 0 Å². The van der Waals surface area contributed by atoms with Gasteiger partial charge in [-0.15, -0.1) is 0 Å². The Morgan fingerprint density at radius 1 is 0.636 bits per heavy atom. The first-order valence-corrected chi connectivity index (χ1v) is 7.75. The Balaban J connectivity index is -0.0000000995. The lowest BCUT2D eigenvalue weighted by Crippen LogP contribution is -1.88. The van der Waals surface area contributed by atoms with Crippen molar-refractivity contribution in [3.05, 3.63) is 0 Å². The Bertz CT molecular complexity index is 300. The quantitative estimate of drug-likeness (QED) is 0.418. The molecule has 0 radical (unpaired) electrons. The molecule has 0 saturated heterocycles. The number of methoxy groups -OCH3 is 3. The van der Waals surface area contributed by atoms with E-state index in [1.54, 1.807) is 0 Å². The lowest BCUT2D eigenvalue weighted by molar-refractivity contribution is -0.138. The molecule has 0 heterocycles. The van der Waals surface area contributed by atoms with Gasteiger partial charge in [-0.05, 0) is 0 Å². The number of rotatable bonds is 2. The van der Waals surface area contributed by atoms with Crippen LogP contribution in [0.1, 0.15) is 20.8 Å². The number of hydrogen-bond acceptors (Lipinski definition) is 9. The van der Waals surface area contributed by atoms with Crippen molar-refractivity contribution in [2.45, 2.75) is 20.8 Å². The van der Waals surface area contributed by atoms with Crippen molar-refractivity contribution >= 4 is 25.5 Å². The highest BCUT2D eigenvalue weighted by Crippen LogP contribution is 2.40. The van der Waals surface area contributed by atoms with Crippen LogP contribution in [0.25, 0.3) is 0 Å². The normalized spacial score (nSPS) is 8.41. The molecule has 0 atom stereocenters. The second-order valence-corrected chi connectivity index (χ2v) is 5.50. The summed E-state index contributed by atoms with van der Waals surface area (Å²) < 4.78 is 31.7. The Morgan fingerprint density at radius 2 is 0.773 bits per heavy atom. The number of hydrogen-bond donors (Lipinski definition) is 0. The maximum absolute atomic E-state index is 10.5. The van der Waals surface area contributed by atoms with E-state index in [-0.39, 0.29) is 17.9 Å². The molecule has 0 aromatic heterocycles. The zero-order valence-corrected chi connectivity index (χ0v) is 15.5. The summed E-state index contributed by atoms with van der Waals surface area (Å²) in [4.78, 5) is 28.8. The van der Waals surface area contributed by atoms with E-state index in [1.165, 1.54) is 63.0 Å². The van der Waals surface area contributed by atoms with E-state index in [2.05, 4.69) is 23.3 Å². The maximum atomic E-state index is 10.5. The van der Waals surface area contributed by atoms with Gasteiger partial charge in [-0.2, -0.15) is 0 Å². The summed E-state index contributed by atoms with van der Waals surface area (Å²) in [6.07, 6.45) is 0. The van der Waals surface area contributed by atoms with Crippen LogP contribution in [0.15, 0.2) is 0 Å². The second kappa shape index (κ2) is 19.6. The Labute approximate surface area is 131 Å². The molecule has 0 unspecified atom stereocenters. The highest BCUT2D eigenvalue weighted by atomic mass is 31.2. The molecule has 0 aromatic rings. The second-order valence-electron chi connectivity index (χ2n) is 3.22. The third-order valence-corrected chi connectivity index (χ3v) is 2.85. The minimum atomic E-state index is -2.65. The van der Waals surface area contributed by atoms with E-state index in [0.29, 0.717) is 0 Å². The van der Waals surface area contributed by atoms with E-state index >= 15 is 0 Å². The topological polar surface area (TPSA) is 114 Å². The highest BCUT2D eigenvalue weighted by Gasteiger charge is 2.08. The van der Waals surface area contributed by atoms with Crippen LogP contribution in [0.2, 0.25) is 0 Å². The molecule has 0 aliphatic rings. The average Bonchev–Trinajstić information content (AvgIpc) is 2.48. The molecule has 0 aromatic carbocycles. The van der Waals surface area contributed by atoms with Gasteiger partial charge in [0.15, 0.2) is 0 Å². The molecule has 134 valence electrons. The minimum Gasteiger partial charge on any atom is -0.469 e. The Morgan fingerprint density at radius 3 is 0.773 bits per heavy atom. The summed E-state index contributed by atoms with van der Waals surface area (Å²) in [7, 11) is 4.10. The van der Waals surface area contributed by atoms with Crippen molar-refractivity contribution in [1.82, 2.24) is 0 Å². The number of carbonyl (C=O) groups is 3. The van der Waals surface area contributed by atoms with E-state index in [1.807, 2.05) is 0 Å². The highest BCUT2D eigenvalue weighted by molar-refractivity contribution is 7.52. The molecular formula is C12H27O9P. The van der Waals surface area contributed by atoms with Gasteiger partial charge in [0.05, 0.1) is 21.3 Å². The van der Waals surface area contributed by atoms with Crippen LogP contribution in [-0.4, -0.2) is 60.1 Å². The summed E-state index contributed by atoms with van der Waals surface area (Å²) >= 11 is 0. The lowest BCUT2D eigenvalue weighted by Gasteiger charge is -2.04. The third-order valence-electron chi connectivity index (χ3n) is 1.53. The molecule has 10 heteroatoms. The van der Waals surface area contributed by atoms with Gasteiger partial charge < -0.3 is 23.3 Å². The summed E-state index contributed by atoms with van der Waals surface area (Å²) in [5, 5.41) is 0. The van der Waals surface area contributed by atoms with E-state index in [9.17, 15) is 18.9 Å². The van der Waals surface area contributed by atoms with E-state index in [0.717, 1.165) is 0 Å². The van der Waals surface area contributed by atoms with Crippen molar-refractivity contribution in [2.24, 2.45) is 0 Å². The van der Waals surface area contributed by atoms with Gasteiger partial charge in [-0.25, -0.2) is 0 Å². The molecule has 0 N–H and O–H groups in total. The largest absolute Gasteiger partial charge is 0.469 e. The maximum Gasteiger partial charge on any atom is 0.327 e. The zero-order valence-electron chi connectivity index (χ0n) is 14.6. The van der Waals surface area contributed by atoms with Gasteiger partial charge in [-0.1, -0.05) is 0 Å². The molecule has 9 nitrogen and oxygen atoms in total. The van der Waals surface area contributed by atoms with Crippen LogP contribution in [0.4, 0.5) is 0 Å². The van der Waals surface area contributed by atoms with Crippen LogP contribution < -0.4 is 0 Å². The first-order valence-electron chi connectivity index (χ1n) is 5.76. The first-order chi connectivity index (χ1) is 9.93. The lowest BCUT2D eigenvalue weighted by atomic mass is 10.8. The van der Waals surface area contributed by atoms with Crippen molar-refractivity contribution in [3.63, 3.8) is 0 Å². The molecule has 22 heavy (non-hydrogen) atoms. The van der Waals surface area contributed by atoms with Crippen molar-refractivity contribution in [2.75, 3.05) is 42.2 Å². The average molecular weight is 346 g/mol. The van der Waals surface area contributed by atoms with Gasteiger partial charge in [-0.3, -0.25) is 18.9 Å². The molecule has 0 saturated carbocycles. The molecule has 0 fully saturated rings. The first kappa shape index (κ1) is 28.7. The monoisotopic (exact) mass is 346 g/mol.